The van der Waals surface area contributed by atoms with Crippen molar-refractivity contribution in [3.05, 3.63) is 54.6 Å². The SMILES string of the molecule is CCN(CC)CCCNc1nc(-c2ccccc2)nc2ccccc12.[Cl-]. The number of fused-ring (bicyclic) bond motifs is 1. The first kappa shape index (κ1) is 20.1. The van der Waals surface area contributed by atoms with Gasteiger partial charge in [0.05, 0.1) is 5.52 Å². The van der Waals surface area contributed by atoms with Gasteiger partial charge in [-0.15, -0.1) is 0 Å². The minimum atomic E-state index is 0. The number of rotatable bonds is 8. The first-order valence-electron chi connectivity index (χ1n) is 9.10. The number of hydrogen-bond donors (Lipinski definition) is 1. The number of aromatic nitrogens is 2. The molecule has 0 aliphatic carbocycles. The largest absolute Gasteiger partial charge is 1.00 e. The minimum absolute atomic E-state index is 0. The summed E-state index contributed by atoms with van der Waals surface area (Å²) in [5, 5.41) is 4.60. The van der Waals surface area contributed by atoms with E-state index in [2.05, 4.69) is 30.1 Å². The Hall–Kier alpha value is -2.17. The van der Waals surface area contributed by atoms with Crippen molar-refractivity contribution in [2.24, 2.45) is 0 Å². The fraction of sp³-hybridized carbons (Fsp3) is 0.333. The molecule has 3 rings (SSSR count). The maximum Gasteiger partial charge on any atom is 0.162 e. The molecule has 26 heavy (non-hydrogen) atoms. The second-order valence-corrected chi connectivity index (χ2v) is 6.09. The van der Waals surface area contributed by atoms with E-state index in [0.717, 1.165) is 60.7 Å². The molecule has 0 saturated carbocycles. The van der Waals surface area contributed by atoms with Gasteiger partial charge in [-0.2, -0.15) is 0 Å². The molecule has 0 bridgehead atoms. The Morgan fingerprint density at radius 1 is 0.885 bits per heavy atom. The number of hydrogen-bond acceptors (Lipinski definition) is 4. The molecule has 0 fully saturated rings. The van der Waals surface area contributed by atoms with E-state index >= 15 is 0 Å². The van der Waals surface area contributed by atoms with Gasteiger partial charge in [0.1, 0.15) is 5.82 Å². The topological polar surface area (TPSA) is 41.0 Å². The van der Waals surface area contributed by atoms with Gasteiger partial charge in [-0.3, -0.25) is 0 Å². The summed E-state index contributed by atoms with van der Waals surface area (Å²) in [6.45, 7) is 8.64. The first-order valence-corrected chi connectivity index (χ1v) is 9.10. The fourth-order valence-corrected chi connectivity index (χ4v) is 2.98. The molecule has 1 N–H and O–H groups in total. The Bertz CT molecular complexity index is 803. The molecule has 1 heterocycles. The molecule has 1 aromatic heterocycles. The molecular formula is C21H26ClN4-. The summed E-state index contributed by atoms with van der Waals surface area (Å²) in [5.41, 5.74) is 2.02. The summed E-state index contributed by atoms with van der Waals surface area (Å²) in [5.74, 6) is 1.69. The van der Waals surface area contributed by atoms with Crippen LogP contribution >= 0.6 is 0 Å². The monoisotopic (exact) mass is 369 g/mol. The van der Waals surface area contributed by atoms with Gasteiger partial charge in [0.2, 0.25) is 0 Å². The maximum atomic E-state index is 4.79. The normalized spacial score (nSPS) is 10.7. The molecule has 0 unspecified atom stereocenters. The first-order chi connectivity index (χ1) is 12.3. The Morgan fingerprint density at radius 2 is 1.58 bits per heavy atom. The van der Waals surface area contributed by atoms with Gasteiger partial charge in [0.25, 0.3) is 0 Å². The molecule has 0 aliphatic heterocycles. The second-order valence-electron chi connectivity index (χ2n) is 6.09. The van der Waals surface area contributed by atoms with Crippen LogP contribution in [0.4, 0.5) is 5.82 Å². The number of nitrogens with one attached hydrogen (secondary N) is 1. The van der Waals surface area contributed by atoms with Crippen molar-refractivity contribution in [1.29, 1.82) is 0 Å². The van der Waals surface area contributed by atoms with Crippen LogP contribution in [0.2, 0.25) is 0 Å². The predicted molar refractivity (Wildman–Crippen MR) is 106 cm³/mol. The Labute approximate surface area is 162 Å². The van der Waals surface area contributed by atoms with E-state index in [9.17, 15) is 0 Å². The molecule has 0 atom stereocenters. The van der Waals surface area contributed by atoms with Gasteiger partial charge in [0.15, 0.2) is 5.82 Å². The Kier molecular flexibility index (Phi) is 7.82. The molecule has 0 spiro atoms. The summed E-state index contributed by atoms with van der Waals surface area (Å²) >= 11 is 0. The Balaban J connectivity index is 0.00000243. The molecular weight excluding hydrogens is 344 g/mol. The average molecular weight is 370 g/mol. The minimum Gasteiger partial charge on any atom is -1.00 e. The summed E-state index contributed by atoms with van der Waals surface area (Å²) in [6.07, 6.45) is 1.10. The molecule has 0 amide bonds. The highest BCUT2D eigenvalue weighted by Crippen LogP contribution is 2.24. The number of benzene rings is 2. The second kappa shape index (κ2) is 10.1. The van der Waals surface area contributed by atoms with Gasteiger partial charge in [0, 0.05) is 17.5 Å². The zero-order valence-electron chi connectivity index (χ0n) is 15.5. The quantitative estimate of drug-likeness (QED) is 0.610. The maximum absolute atomic E-state index is 4.79. The average Bonchev–Trinajstić information content (AvgIpc) is 2.68. The lowest BCUT2D eigenvalue weighted by molar-refractivity contribution is -0.00000528. The van der Waals surface area contributed by atoms with Crippen molar-refractivity contribution in [1.82, 2.24) is 14.9 Å². The van der Waals surface area contributed by atoms with E-state index in [1.54, 1.807) is 0 Å². The number of anilines is 1. The van der Waals surface area contributed by atoms with Gasteiger partial charge in [-0.1, -0.05) is 56.3 Å². The lowest BCUT2D eigenvalue weighted by Crippen LogP contribution is -3.00. The molecule has 3 aromatic rings. The molecule has 138 valence electrons. The smallest absolute Gasteiger partial charge is 0.162 e. The van der Waals surface area contributed by atoms with Crippen LogP contribution in [0.5, 0.6) is 0 Å². The van der Waals surface area contributed by atoms with Gasteiger partial charge >= 0.3 is 0 Å². The van der Waals surface area contributed by atoms with Crippen LogP contribution < -0.4 is 17.7 Å². The van der Waals surface area contributed by atoms with Crippen molar-refractivity contribution < 1.29 is 12.4 Å². The Morgan fingerprint density at radius 3 is 2.31 bits per heavy atom. The lowest BCUT2D eigenvalue weighted by Gasteiger charge is -2.18. The fourth-order valence-electron chi connectivity index (χ4n) is 2.98. The van der Waals surface area contributed by atoms with Gasteiger partial charge in [-0.05, 0) is 38.2 Å². The van der Waals surface area contributed by atoms with E-state index < -0.39 is 0 Å². The van der Waals surface area contributed by atoms with E-state index in [4.69, 9.17) is 9.97 Å². The van der Waals surface area contributed by atoms with Crippen molar-refractivity contribution in [2.75, 3.05) is 31.5 Å². The van der Waals surface area contributed by atoms with Crippen molar-refractivity contribution in [3.8, 4) is 11.4 Å². The van der Waals surface area contributed by atoms with Crippen molar-refractivity contribution in [3.63, 3.8) is 0 Å². The summed E-state index contributed by atoms with van der Waals surface area (Å²) in [6, 6.07) is 18.3. The van der Waals surface area contributed by atoms with E-state index in [1.165, 1.54) is 0 Å². The molecule has 5 heteroatoms. The molecule has 0 saturated heterocycles. The predicted octanol–water partition coefficient (Wildman–Crippen LogP) is 1.44. The lowest BCUT2D eigenvalue weighted by atomic mass is 10.2. The van der Waals surface area contributed by atoms with Crippen LogP contribution in [0.25, 0.3) is 22.3 Å². The van der Waals surface area contributed by atoms with Crippen LogP contribution in [0.15, 0.2) is 54.6 Å². The van der Waals surface area contributed by atoms with Crippen LogP contribution in [0, 0.1) is 0 Å². The van der Waals surface area contributed by atoms with Crippen LogP contribution in [-0.2, 0) is 0 Å². The van der Waals surface area contributed by atoms with Crippen molar-refractivity contribution >= 4 is 16.7 Å². The third-order valence-electron chi connectivity index (χ3n) is 4.47. The van der Waals surface area contributed by atoms with Crippen LogP contribution in [0.3, 0.4) is 0 Å². The molecule has 0 aliphatic rings. The van der Waals surface area contributed by atoms with Gasteiger partial charge < -0.3 is 22.6 Å². The van der Waals surface area contributed by atoms with E-state index in [-0.39, 0.29) is 12.4 Å². The highest BCUT2D eigenvalue weighted by molar-refractivity contribution is 5.90. The number of halogens is 1. The zero-order valence-corrected chi connectivity index (χ0v) is 16.2. The molecule has 4 nitrogen and oxygen atoms in total. The van der Waals surface area contributed by atoms with Crippen LogP contribution in [-0.4, -0.2) is 41.0 Å². The molecule has 0 radical (unpaired) electrons. The van der Waals surface area contributed by atoms with Crippen LogP contribution in [0.1, 0.15) is 20.3 Å². The summed E-state index contributed by atoms with van der Waals surface area (Å²) in [4.78, 5) is 12.0. The number of nitrogens with zero attached hydrogens (tertiary/aromatic N) is 3. The summed E-state index contributed by atoms with van der Waals surface area (Å²) < 4.78 is 0. The van der Waals surface area contributed by atoms with Crippen molar-refractivity contribution in [2.45, 2.75) is 20.3 Å². The van der Waals surface area contributed by atoms with E-state index in [0.29, 0.717) is 0 Å². The highest BCUT2D eigenvalue weighted by atomic mass is 35.5. The summed E-state index contributed by atoms with van der Waals surface area (Å²) in [7, 11) is 0. The van der Waals surface area contributed by atoms with Gasteiger partial charge in [-0.25, -0.2) is 9.97 Å². The zero-order chi connectivity index (χ0) is 17.5. The third-order valence-corrected chi connectivity index (χ3v) is 4.47. The standard InChI is InChI=1S/C21H26N4.ClH/c1-3-25(4-2)16-10-15-22-21-18-13-8-9-14-19(18)23-20(24-21)17-11-6-5-7-12-17;/h5-9,11-14H,3-4,10,15-16H2,1-2H3,(H,22,23,24);1H/p-1. The number of para-hydroxylation sites is 1. The van der Waals surface area contributed by atoms with E-state index in [1.807, 2.05) is 48.5 Å². The highest BCUT2D eigenvalue weighted by Gasteiger charge is 2.09. The molecule has 2 aromatic carbocycles. The third kappa shape index (κ3) is 4.93.